The summed E-state index contributed by atoms with van der Waals surface area (Å²) >= 11 is 0. The van der Waals surface area contributed by atoms with E-state index in [0.29, 0.717) is 0 Å². The van der Waals surface area contributed by atoms with Crippen LogP contribution in [0.2, 0.25) is 0 Å². The maximum absolute atomic E-state index is 4.78. The Morgan fingerprint density at radius 2 is 1.79 bits per heavy atom. The van der Waals surface area contributed by atoms with Crippen molar-refractivity contribution < 1.29 is 0 Å². The first-order chi connectivity index (χ1) is 11.6. The fourth-order valence-electron chi connectivity index (χ4n) is 3.09. The molecule has 0 unspecified atom stereocenters. The molecule has 0 radical (unpaired) electrons. The van der Waals surface area contributed by atoms with Gasteiger partial charge >= 0.3 is 0 Å². The Morgan fingerprint density at radius 1 is 1.00 bits per heavy atom. The third-order valence-corrected chi connectivity index (χ3v) is 4.43. The molecule has 24 heavy (non-hydrogen) atoms. The smallest absolute Gasteiger partial charge is 0.0894 e. The standard InChI is InChI=1S/C20H20N4/c1-14-8-9-15(2)20(10-14)24-13-16(12-23(24)3)19-11-21-17-6-4-5-7-18(17)22-19/h4-11,13H,12H2,1-3H3. The molecule has 4 heteroatoms. The predicted molar refractivity (Wildman–Crippen MR) is 98.5 cm³/mol. The molecular formula is C20H20N4. The molecule has 3 aromatic rings. The fraction of sp³-hybridized carbons (Fsp3) is 0.200. The van der Waals surface area contributed by atoms with E-state index < -0.39 is 0 Å². The van der Waals surface area contributed by atoms with E-state index in [-0.39, 0.29) is 0 Å². The van der Waals surface area contributed by atoms with Gasteiger partial charge in [-0.2, -0.15) is 0 Å². The summed E-state index contributed by atoms with van der Waals surface area (Å²) in [7, 11) is 2.10. The average Bonchev–Trinajstić information content (AvgIpc) is 2.98. The lowest BCUT2D eigenvalue weighted by molar-refractivity contribution is 0.399. The predicted octanol–water partition coefficient (Wildman–Crippen LogP) is 3.95. The maximum Gasteiger partial charge on any atom is 0.0894 e. The molecule has 0 saturated heterocycles. The Morgan fingerprint density at radius 3 is 2.62 bits per heavy atom. The van der Waals surface area contributed by atoms with Crippen LogP contribution in [0, 0.1) is 13.8 Å². The van der Waals surface area contributed by atoms with Crippen LogP contribution in [0.1, 0.15) is 16.8 Å². The number of benzene rings is 2. The Hall–Kier alpha value is -2.72. The zero-order valence-electron chi connectivity index (χ0n) is 14.2. The number of para-hydroxylation sites is 2. The van der Waals surface area contributed by atoms with Gasteiger partial charge in [-0.3, -0.25) is 9.99 Å². The highest BCUT2D eigenvalue weighted by Crippen LogP contribution is 2.30. The van der Waals surface area contributed by atoms with E-state index in [0.717, 1.165) is 23.3 Å². The Balaban J connectivity index is 1.74. The highest BCUT2D eigenvalue weighted by Gasteiger charge is 2.23. The lowest BCUT2D eigenvalue weighted by Crippen LogP contribution is -2.31. The van der Waals surface area contributed by atoms with Gasteiger partial charge in [0, 0.05) is 25.4 Å². The Kier molecular flexibility index (Phi) is 3.54. The van der Waals surface area contributed by atoms with Crippen molar-refractivity contribution in [1.29, 1.82) is 0 Å². The summed E-state index contributed by atoms with van der Waals surface area (Å²) in [6.07, 6.45) is 4.04. The molecule has 120 valence electrons. The van der Waals surface area contributed by atoms with Crippen molar-refractivity contribution in [2.75, 3.05) is 18.6 Å². The van der Waals surface area contributed by atoms with Crippen LogP contribution in [0.4, 0.5) is 5.69 Å². The van der Waals surface area contributed by atoms with Crippen molar-refractivity contribution in [3.63, 3.8) is 0 Å². The number of fused-ring (bicyclic) bond motifs is 1. The van der Waals surface area contributed by atoms with Crippen molar-refractivity contribution >= 4 is 22.3 Å². The van der Waals surface area contributed by atoms with Gasteiger partial charge in [-0.25, -0.2) is 9.99 Å². The van der Waals surface area contributed by atoms with Crippen LogP contribution in [-0.2, 0) is 0 Å². The topological polar surface area (TPSA) is 32.3 Å². The summed E-state index contributed by atoms with van der Waals surface area (Å²) in [5, 5.41) is 4.41. The molecule has 0 fully saturated rings. The summed E-state index contributed by atoms with van der Waals surface area (Å²) in [5.74, 6) is 0. The summed E-state index contributed by atoms with van der Waals surface area (Å²) in [4.78, 5) is 9.32. The number of hydrogen-bond donors (Lipinski definition) is 0. The van der Waals surface area contributed by atoms with Gasteiger partial charge in [-0.15, -0.1) is 0 Å². The SMILES string of the molecule is Cc1ccc(C)c(N2C=C(c3cnc4ccccc4n3)CN2C)c1. The number of anilines is 1. The first kappa shape index (κ1) is 14.8. The third-order valence-electron chi connectivity index (χ3n) is 4.43. The van der Waals surface area contributed by atoms with Gasteiger partial charge in [-0.1, -0.05) is 24.3 Å². The van der Waals surface area contributed by atoms with Crippen LogP contribution < -0.4 is 5.01 Å². The fourth-order valence-corrected chi connectivity index (χ4v) is 3.09. The van der Waals surface area contributed by atoms with Crippen LogP contribution in [0.15, 0.2) is 54.9 Å². The minimum absolute atomic E-state index is 0.820. The highest BCUT2D eigenvalue weighted by molar-refractivity contribution is 5.78. The van der Waals surface area contributed by atoms with Crippen molar-refractivity contribution in [2.24, 2.45) is 0 Å². The first-order valence-corrected chi connectivity index (χ1v) is 8.12. The summed E-state index contributed by atoms with van der Waals surface area (Å²) < 4.78 is 0. The van der Waals surface area contributed by atoms with E-state index in [2.05, 4.69) is 60.3 Å². The van der Waals surface area contributed by atoms with Gasteiger partial charge in [0.25, 0.3) is 0 Å². The van der Waals surface area contributed by atoms with E-state index in [9.17, 15) is 0 Å². The molecule has 2 aromatic carbocycles. The number of likely N-dealkylation sites (N-methyl/N-ethyl adjacent to an activating group) is 1. The molecule has 0 amide bonds. The van der Waals surface area contributed by atoms with E-state index in [4.69, 9.17) is 4.98 Å². The van der Waals surface area contributed by atoms with E-state index in [1.807, 2.05) is 30.5 Å². The van der Waals surface area contributed by atoms with Crippen molar-refractivity contribution in [3.8, 4) is 0 Å². The van der Waals surface area contributed by atoms with Crippen LogP contribution in [0.25, 0.3) is 16.6 Å². The van der Waals surface area contributed by atoms with Crippen molar-refractivity contribution in [1.82, 2.24) is 15.0 Å². The number of rotatable bonds is 2. The Labute approximate surface area is 142 Å². The first-order valence-electron chi connectivity index (χ1n) is 8.12. The number of nitrogens with zero attached hydrogens (tertiary/aromatic N) is 4. The number of hydrogen-bond acceptors (Lipinski definition) is 4. The van der Waals surface area contributed by atoms with Crippen LogP contribution in [0.5, 0.6) is 0 Å². The van der Waals surface area contributed by atoms with Gasteiger partial charge < -0.3 is 0 Å². The monoisotopic (exact) mass is 316 g/mol. The van der Waals surface area contributed by atoms with Crippen molar-refractivity contribution in [3.05, 3.63) is 71.7 Å². The molecule has 2 heterocycles. The lowest BCUT2D eigenvalue weighted by Gasteiger charge is -2.26. The average molecular weight is 316 g/mol. The lowest BCUT2D eigenvalue weighted by atomic mass is 10.1. The highest BCUT2D eigenvalue weighted by atomic mass is 15.6. The van der Waals surface area contributed by atoms with Crippen LogP contribution >= 0.6 is 0 Å². The van der Waals surface area contributed by atoms with Gasteiger partial charge in [0.1, 0.15) is 0 Å². The third kappa shape index (κ3) is 2.55. The molecule has 1 aliphatic heterocycles. The Bertz CT molecular complexity index is 945. The van der Waals surface area contributed by atoms with Gasteiger partial charge in [-0.05, 0) is 43.2 Å². The molecule has 1 aromatic heterocycles. The van der Waals surface area contributed by atoms with Gasteiger partial charge in [0.15, 0.2) is 0 Å². The van der Waals surface area contributed by atoms with Crippen molar-refractivity contribution in [2.45, 2.75) is 13.8 Å². The minimum atomic E-state index is 0.820. The summed E-state index contributed by atoms with van der Waals surface area (Å²) in [5.41, 5.74) is 7.71. The second kappa shape index (κ2) is 5.73. The molecule has 0 spiro atoms. The second-order valence-electron chi connectivity index (χ2n) is 6.35. The molecular weight excluding hydrogens is 296 g/mol. The molecule has 1 aliphatic rings. The minimum Gasteiger partial charge on any atom is -0.281 e. The second-order valence-corrected chi connectivity index (χ2v) is 6.35. The normalized spacial score (nSPS) is 15.1. The van der Waals surface area contributed by atoms with E-state index in [1.54, 1.807) is 0 Å². The molecule has 4 nitrogen and oxygen atoms in total. The number of aryl methyl sites for hydroxylation is 2. The molecule has 0 bridgehead atoms. The van der Waals surface area contributed by atoms with Crippen LogP contribution in [0.3, 0.4) is 0 Å². The molecule has 4 rings (SSSR count). The molecule has 0 N–H and O–H groups in total. The van der Waals surface area contributed by atoms with E-state index in [1.165, 1.54) is 22.4 Å². The van der Waals surface area contributed by atoms with E-state index >= 15 is 0 Å². The zero-order chi connectivity index (χ0) is 16.7. The summed E-state index contributed by atoms with van der Waals surface area (Å²) in [6, 6.07) is 14.5. The number of aromatic nitrogens is 2. The molecule has 0 atom stereocenters. The quantitative estimate of drug-likeness (QED) is 0.716. The number of hydrazine groups is 1. The van der Waals surface area contributed by atoms with Gasteiger partial charge in [0.2, 0.25) is 0 Å². The largest absolute Gasteiger partial charge is 0.281 e. The molecule has 0 aliphatic carbocycles. The molecule has 0 saturated carbocycles. The van der Waals surface area contributed by atoms with Crippen LogP contribution in [-0.4, -0.2) is 28.6 Å². The van der Waals surface area contributed by atoms with Gasteiger partial charge in [0.05, 0.1) is 28.6 Å². The summed E-state index contributed by atoms with van der Waals surface area (Å²) in [6.45, 7) is 5.09. The zero-order valence-corrected chi connectivity index (χ0v) is 14.2. The maximum atomic E-state index is 4.78.